The fraction of sp³-hybridized carbons (Fsp3) is 0.636. The molecule has 1 aliphatic carbocycles. The van der Waals surface area contributed by atoms with Gasteiger partial charge in [-0.15, -0.1) is 0 Å². The summed E-state index contributed by atoms with van der Waals surface area (Å²) in [7, 11) is 0. The van der Waals surface area contributed by atoms with Gasteiger partial charge in [0.1, 0.15) is 5.60 Å². The van der Waals surface area contributed by atoms with Gasteiger partial charge in [-0.1, -0.05) is 17.9 Å². The maximum atomic E-state index is 9.38. The molecule has 1 N–H and O–H groups in total. The van der Waals surface area contributed by atoms with E-state index in [4.69, 9.17) is 9.47 Å². The highest BCUT2D eigenvalue weighted by molar-refractivity contribution is 5.53. The smallest absolute Gasteiger partial charge is 0.123 e. The first-order valence-corrected chi connectivity index (χ1v) is 9.81. The van der Waals surface area contributed by atoms with Crippen LogP contribution in [0.1, 0.15) is 52.0 Å². The van der Waals surface area contributed by atoms with Crippen LogP contribution in [-0.4, -0.2) is 48.7 Å². The lowest BCUT2D eigenvalue weighted by molar-refractivity contribution is -0.108. The Hall–Kier alpha value is -1.54. The first-order chi connectivity index (χ1) is 12.4. The maximum absolute atomic E-state index is 9.38. The number of aliphatic hydroxyl groups is 1. The minimum absolute atomic E-state index is 0.142. The number of hydrogen-bond acceptors (Lipinski definition) is 4. The van der Waals surface area contributed by atoms with Gasteiger partial charge in [-0.05, 0) is 64.7 Å². The van der Waals surface area contributed by atoms with Crippen LogP contribution in [0.3, 0.4) is 0 Å². The average molecular weight is 357 g/mol. The fourth-order valence-electron chi connectivity index (χ4n) is 3.57. The molecular weight excluding hydrogens is 326 g/mol. The molecule has 0 atom stereocenters. The van der Waals surface area contributed by atoms with Crippen LogP contribution in [0.25, 0.3) is 0 Å². The van der Waals surface area contributed by atoms with Crippen LogP contribution < -0.4 is 4.90 Å². The van der Waals surface area contributed by atoms with Crippen molar-refractivity contribution >= 4 is 5.69 Å². The highest BCUT2D eigenvalue weighted by atomic mass is 16.5. The maximum Gasteiger partial charge on any atom is 0.123 e. The lowest BCUT2D eigenvalue weighted by atomic mass is 9.91. The SMILES string of the molecule is CCOC(C)(C)C#Cc1cccc(N2CCC(OC3CC(O)C3)CC2)c1. The van der Waals surface area contributed by atoms with Crippen molar-refractivity contribution < 1.29 is 14.6 Å². The van der Waals surface area contributed by atoms with E-state index in [0.29, 0.717) is 12.7 Å². The Morgan fingerprint density at radius 3 is 2.58 bits per heavy atom. The standard InChI is InChI=1S/C22H31NO3/c1-4-25-22(2,3)11-8-17-6-5-7-18(14-17)23-12-9-20(10-13-23)26-21-15-19(24)16-21/h5-7,14,19-21,24H,4,9-10,12-13,15-16H2,1-3H3. The molecule has 1 saturated carbocycles. The molecule has 3 rings (SSSR count). The van der Waals surface area contributed by atoms with Crippen LogP contribution >= 0.6 is 0 Å². The van der Waals surface area contributed by atoms with Gasteiger partial charge in [0.05, 0.1) is 18.3 Å². The summed E-state index contributed by atoms with van der Waals surface area (Å²) in [5.41, 5.74) is 1.83. The molecule has 1 aromatic rings. The molecule has 0 amide bonds. The molecule has 1 aromatic carbocycles. The van der Waals surface area contributed by atoms with Crippen molar-refractivity contribution in [2.45, 2.75) is 70.4 Å². The van der Waals surface area contributed by atoms with E-state index < -0.39 is 5.60 Å². The molecule has 0 aromatic heterocycles. The molecule has 0 bridgehead atoms. The van der Waals surface area contributed by atoms with Crippen molar-refractivity contribution in [3.63, 3.8) is 0 Å². The Bertz CT molecular complexity index is 647. The topological polar surface area (TPSA) is 41.9 Å². The molecule has 26 heavy (non-hydrogen) atoms. The second kappa shape index (κ2) is 8.43. The molecule has 1 aliphatic heterocycles. The number of aliphatic hydroxyl groups excluding tert-OH is 1. The molecule has 0 spiro atoms. The third kappa shape index (κ3) is 5.23. The zero-order valence-electron chi connectivity index (χ0n) is 16.2. The minimum atomic E-state index is -0.421. The molecule has 4 nitrogen and oxygen atoms in total. The van der Waals surface area contributed by atoms with E-state index in [-0.39, 0.29) is 12.2 Å². The van der Waals surface area contributed by atoms with Crippen LogP contribution in [0.15, 0.2) is 24.3 Å². The number of hydrogen-bond donors (Lipinski definition) is 1. The zero-order chi connectivity index (χ0) is 18.6. The van der Waals surface area contributed by atoms with E-state index in [1.54, 1.807) is 0 Å². The number of nitrogens with zero attached hydrogens (tertiary/aromatic N) is 1. The van der Waals surface area contributed by atoms with E-state index in [2.05, 4.69) is 41.0 Å². The molecule has 2 aliphatic rings. The largest absolute Gasteiger partial charge is 0.393 e. The van der Waals surface area contributed by atoms with E-state index >= 15 is 0 Å². The van der Waals surface area contributed by atoms with Crippen LogP contribution in [0.4, 0.5) is 5.69 Å². The summed E-state index contributed by atoms with van der Waals surface area (Å²) in [4.78, 5) is 2.41. The lowest BCUT2D eigenvalue weighted by Crippen LogP contribution is -2.42. The van der Waals surface area contributed by atoms with Gasteiger partial charge < -0.3 is 19.5 Å². The molecule has 142 valence electrons. The summed E-state index contributed by atoms with van der Waals surface area (Å²) >= 11 is 0. The summed E-state index contributed by atoms with van der Waals surface area (Å²) in [5, 5.41) is 9.38. The number of rotatable bonds is 5. The van der Waals surface area contributed by atoms with Crippen molar-refractivity contribution in [2.24, 2.45) is 0 Å². The highest BCUT2D eigenvalue weighted by Crippen LogP contribution is 2.28. The molecular formula is C22H31NO3. The monoisotopic (exact) mass is 357 g/mol. The lowest BCUT2D eigenvalue weighted by Gasteiger charge is -2.39. The van der Waals surface area contributed by atoms with Crippen molar-refractivity contribution in [3.05, 3.63) is 29.8 Å². The number of benzene rings is 1. The predicted molar refractivity (Wildman–Crippen MR) is 104 cm³/mol. The highest BCUT2D eigenvalue weighted by Gasteiger charge is 2.31. The van der Waals surface area contributed by atoms with Gasteiger partial charge in [0.2, 0.25) is 0 Å². The average Bonchev–Trinajstić information content (AvgIpc) is 2.60. The summed E-state index contributed by atoms with van der Waals surface area (Å²) in [6.45, 7) is 8.66. The Morgan fingerprint density at radius 2 is 1.92 bits per heavy atom. The minimum Gasteiger partial charge on any atom is -0.393 e. The van der Waals surface area contributed by atoms with Crippen molar-refractivity contribution in [3.8, 4) is 11.8 Å². The molecule has 0 unspecified atom stereocenters. The number of ether oxygens (including phenoxy) is 2. The van der Waals surface area contributed by atoms with Crippen molar-refractivity contribution in [1.29, 1.82) is 0 Å². The van der Waals surface area contributed by atoms with E-state index in [9.17, 15) is 5.11 Å². The summed E-state index contributed by atoms with van der Waals surface area (Å²) in [6, 6.07) is 8.45. The molecule has 2 fully saturated rings. The Balaban J connectivity index is 1.55. The Morgan fingerprint density at radius 1 is 1.19 bits per heavy atom. The van der Waals surface area contributed by atoms with Crippen LogP contribution in [-0.2, 0) is 9.47 Å². The zero-order valence-corrected chi connectivity index (χ0v) is 16.2. The van der Waals surface area contributed by atoms with Gasteiger partial charge in [-0.25, -0.2) is 0 Å². The number of piperidine rings is 1. The Labute approximate surface area is 157 Å². The van der Waals surface area contributed by atoms with Crippen molar-refractivity contribution in [1.82, 2.24) is 0 Å². The third-order valence-electron chi connectivity index (χ3n) is 5.12. The van der Waals surface area contributed by atoms with E-state index in [1.807, 2.05) is 20.8 Å². The Kier molecular flexibility index (Phi) is 6.24. The van der Waals surface area contributed by atoms with Gasteiger partial charge in [-0.2, -0.15) is 0 Å². The van der Waals surface area contributed by atoms with Crippen LogP contribution in [0.2, 0.25) is 0 Å². The molecule has 4 heteroatoms. The van der Waals surface area contributed by atoms with E-state index in [0.717, 1.165) is 44.3 Å². The predicted octanol–water partition coefficient (Wildman–Crippen LogP) is 3.36. The summed E-state index contributed by atoms with van der Waals surface area (Å²) < 4.78 is 11.7. The second-order valence-electron chi connectivity index (χ2n) is 7.81. The number of anilines is 1. The first kappa shape index (κ1) is 19.2. The van der Waals surface area contributed by atoms with Gasteiger partial charge in [-0.3, -0.25) is 0 Å². The third-order valence-corrected chi connectivity index (χ3v) is 5.12. The summed E-state index contributed by atoms with van der Waals surface area (Å²) in [5.74, 6) is 6.47. The molecule has 0 radical (unpaired) electrons. The van der Waals surface area contributed by atoms with Gasteiger partial charge in [0.25, 0.3) is 0 Å². The van der Waals surface area contributed by atoms with Crippen LogP contribution in [0.5, 0.6) is 0 Å². The quantitative estimate of drug-likeness (QED) is 0.821. The van der Waals surface area contributed by atoms with Crippen molar-refractivity contribution in [2.75, 3.05) is 24.6 Å². The summed E-state index contributed by atoms with van der Waals surface area (Å²) in [6.07, 6.45) is 4.15. The normalized spacial score (nSPS) is 23.9. The van der Waals surface area contributed by atoms with Gasteiger partial charge in [0, 0.05) is 30.9 Å². The molecule has 1 saturated heterocycles. The van der Waals surface area contributed by atoms with Gasteiger partial charge >= 0.3 is 0 Å². The molecule has 1 heterocycles. The van der Waals surface area contributed by atoms with Crippen LogP contribution in [0, 0.1) is 11.8 Å². The van der Waals surface area contributed by atoms with Gasteiger partial charge in [0.15, 0.2) is 0 Å². The first-order valence-electron chi connectivity index (χ1n) is 9.81. The second-order valence-corrected chi connectivity index (χ2v) is 7.81. The van der Waals surface area contributed by atoms with E-state index in [1.165, 1.54) is 5.69 Å². The fourth-order valence-corrected chi connectivity index (χ4v) is 3.57.